The van der Waals surface area contributed by atoms with E-state index in [0.29, 0.717) is 5.56 Å². The SMILES string of the molecule is CCCC#[N+]C(C(=O)c1ccccc1)c1ccccc1.[Cl][Sn-]([Cl])([Cl])([Cl])[Cl]. The molecule has 0 saturated heterocycles. The van der Waals surface area contributed by atoms with E-state index in [1.165, 1.54) is 0 Å². The number of benzene rings is 2. The number of unbranched alkanes of at least 4 members (excludes halogenated alkanes) is 1. The van der Waals surface area contributed by atoms with E-state index in [0.717, 1.165) is 18.4 Å². The molecule has 2 rings (SSSR count). The van der Waals surface area contributed by atoms with Crippen LogP contribution in [-0.2, 0) is 0 Å². The summed E-state index contributed by atoms with van der Waals surface area (Å²) in [5.41, 5.74) is 1.59. The molecule has 0 heterocycles. The molecule has 140 valence electrons. The van der Waals surface area contributed by atoms with Gasteiger partial charge in [0.15, 0.2) is 0 Å². The Kier molecular flexibility index (Phi) is 10.1. The molecule has 0 bridgehead atoms. The fraction of sp³-hybridized carbons (Fsp3) is 0.222. The number of halogens is 5. The van der Waals surface area contributed by atoms with Gasteiger partial charge in [-0.15, -0.1) is 0 Å². The number of hydrogen-bond donors (Lipinski definition) is 0. The average Bonchev–Trinajstić information content (AvgIpc) is 2.58. The van der Waals surface area contributed by atoms with Crippen molar-refractivity contribution < 1.29 is 4.79 Å². The van der Waals surface area contributed by atoms with Crippen LogP contribution in [0.15, 0.2) is 60.7 Å². The Morgan fingerprint density at radius 1 is 0.962 bits per heavy atom. The molecule has 2 aromatic carbocycles. The minimum absolute atomic E-state index is 0.0143. The number of nitrogens with zero attached hydrogens (tertiary/aromatic N) is 1. The molecule has 0 amide bonds. The number of hydrogen-bond acceptors (Lipinski definition) is 1. The molecular weight excluding hydrogens is 542 g/mol. The van der Waals surface area contributed by atoms with E-state index in [9.17, 15) is 4.79 Å². The van der Waals surface area contributed by atoms with Gasteiger partial charge in [-0.25, -0.2) is 0 Å². The summed E-state index contributed by atoms with van der Waals surface area (Å²) in [6, 6.07) is 21.4. The van der Waals surface area contributed by atoms with Gasteiger partial charge in [0, 0.05) is 11.1 Å². The van der Waals surface area contributed by atoms with Gasteiger partial charge in [0.1, 0.15) is 0 Å². The Hall–Kier alpha value is -0.151. The van der Waals surface area contributed by atoms with Crippen molar-refractivity contribution in [3.05, 3.63) is 76.6 Å². The van der Waals surface area contributed by atoms with Crippen molar-refractivity contribution in [2.24, 2.45) is 0 Å². The molecule has 0 radical (unpaired) electrons. The predicted octanol–water partition coefficient (Wildman–Crippen LogP) is 7.81. The Morgan fingerprint density at radius 2 is 1.42 bits per heavy atom. The van der Waals surface area contributed by atoms with Crippen LogP contribution in [0.3, 0.4) is 0 Å². The van der Waals surface area contributed by atoms with E-state index in [1.54, 1.807) is 0 Å². The van der Waals surface area contributed by atoms with Gasteiger partial charge >= 0.3 is 62.0 Å². The third-order valence-corrected chi connectivity index (χ3v) is 3.00. The van der Waals surface area contributed by atoms with Crippen LogP contribution in [-0.4, -0.2) is 17.1 Å². The average molecular weight is 560 g/mol. The molecule has 1 atom stereocenters. The van der Waals surface area contributed by atoms with Gasteiger partial charge in [-0.2, -0.15) is 0 Å². The summed E-state index contributed by atoms with van der Waals surface area (Å²) in [5.74, 6) is 0.0143. The maximum absolute atomic E-state index is 12.6. The van der Waals surface area contributed by atoms with Crippen molar-refractivity contribution in [3.63, 3.8) is 0 Å². The van der Waals surface area contributed by atoms with E-state index in [-0.39, 0.29) is 5.78 Å². The first-order chi connectivity index (χ1) is 12.1. The molecule has 8 heteroatoms. The van der Waals surface area contributed by atoms with Gasteiger partial charge in [0.25, 0.3) is 11.9 Å². The third-order valence-electron chi connectivity index (χ3n) is 3.00. The maximum atomic E-state index is 12.6. The Bertz CT molecular complexity index is 747. The molecule has 1 unspecified atom stereocenters. The van der Waals surface area contributed by atoms with Gasteiger partial charge in [-0.3, -0.25) is 4.79 Å². The van der Waals surface area contributed by atoms with E-state index in [4.69, 9.17) is 44.6 Å². The Morgan fingerprint density at radius 3 is 1.88 bits per heavy atom. The molecule has 2 nitrogen and oxygen atoms in total. The molecular formula is C18H18Cl5NOSn. The first-order valence-electron chi connectivity index (χ1n) is 7.84. The molecule has 2 aromatic rings. The van der Waals surface area contributed by atoms with E-state index in [2.05, 4.69) is 17.8 Å². The van der Waals surface area contributed by atoms with Crippen LogP contribution < -0.4 is 0 Å². The van der Waals surface area contributed by atoms with E-state index >= 15 is 0 Å². The van der Waals surface area contributed by atoms with Crippen LogP contribution in [0, 0.1) is 6.07 Å². The van der Waals surface area contributed by atoms with Crippen molar-refractivity contribution in [2.45, 2.75) is 25.8 Å². The molecule has 0 aliphatic heterocycles. The first kappa shape index (κ1) is 23.9. The summed E-state index contributed by atoms with van der Waals surface area (Å²) >= 11 is -4.40. The first-order valence-corrected chi connectivity index (χ1v) is 25.9. The second kappa shape index (κ2) is 11.0. The van der Waals surface area contributed by atoms with Gasteiger partial charge in [0.05, 0.1) is 6.42 Å². The fourth-order valence-corrected chi connectivity index (χ4v) is 1.95. The van der Waals surface area contributed by atoms with Crippen molar-refractivity contribution in [2.75, 3.05) is 0 Å². The summed E-state index contributed by atoms with van der Waals surface area (Å²) in [4.78, 5) is 17.0. The van der Waals surface area contributed by atoms with Crippen molar-refractivity contribution in [1.29, 1.82) is 0 Å². The van der Waals surface area contributed by atoms with Crippen molar-refractivity contribution >= 4 is 61.8 Å². The quantitative estimate of drug-likeness (QED) is 0.276. The van der Waals surface area contributed by atoms with E-state index < -0.39 is 17.4 Å². The molecule has 0 aromatic heterocycles. The van der Waals surface area contributed by atoms with Crippen molar-refractivity contribution in [1.82, 2.24) is 0 Å². The summed E-state index contributed by atoms with van der Waals surface area (Å²) in [7, 11) is 25.3. The Labute approximate surface area is 173 Å². The normalized spacial score (nSPS) is 13.1. The number of carbonyl (C=O) groups excluding carboxylic acids is 1. The standard InChI is InChI=1S/C18H18NO.5ClH.Sn/c1-2-3-14-19-17(15-10-6-4-7-11-15)18(20)16-12-8-5-9-13-16;;;;;;/h4-13,17H,2-3H2,1H3;5*1H;/q+1;;;;;;+4/p-5. The predicted molar refractivity (Wildman–Crippen MR) is 117 cm³/mol. The van der Waals surface area contributed by atoms with Crippen LogP contribution in [0.2, 0.25) is 0 Å². The van der Waals surface area contributed by atoms with Crippen molar-refractivity contribution in [3.8, 4) is 6.07 Å². The van der Waals surface area contributed by atoms with Gasteiger partial charge in [-0.1, -0.05) is 72.4 Å². The fourth-order valence-electron chi connectivity index (χ4n) is 1.95. The van der Waals surface area contributed by atoms with Gasteiger partial charge < -0.3 is 0 Å². The van der Waals surface area contributed by atoms with Crippen LogP contribution in [0.4, 0.5) is 0 Å². The molecule has 26 heavy (non-hydrogen) atoms. The van der Waals surface area contributed by atoms with Crippen LogP contribution in [0.25, 0.3) is 4.85 Å². The van der Waals surface area contributed by atoms with Crippen LogP contribution in [0.1, 0.15) is 41.7 Å². The molecule has 0 spiro atoms. The monoisotopic (exact) mass is 559 g/mol. The van der Waals surface area contributed by atoms with Crippen LogP contribution >= 0.6 is 44.6 Å². The Balaban J connectivity index is 0.000000487. The van der Waals surface area contributed by atoms with Gasteiger partial charge in [0.2, 0.25) is 0 Å². The zero-order valence-electron chi connectivity index (χ0n) is 14.0. The zero-order chi connectivity index (χ0) is 19.7. The molecule has 0 aliphatic rings. The topological polar surface area (TPSA) is 21.4 Å². The molecule has 0 N–H and O–H groups in total. The number of Topliss-reactive ketones (excluding diaryl/α,β-unsaturated/α-hetero) is 1. The number of ketones is 1. The minimum atomic E-state index is -4.40. The number of carbonyl (C=O) groups is 1. The molecule has 0 fully saturated rings. The second-order valence-corrected chi connectivity index (χ2v) is 47.7. The summed E-state index contributed by atoms with van der Waals surface area (Å²) in [5, 5.41) is 0. The van der Waals surface area contributed by atoms with E-state index in [1.807, 2.05) is 60.7 Å². The summed E-state index contributed by atoms with van der Waals surface area (Å²) < 4.78 is 0. The number of rotatable bonds is 4. The molecule has 0 saturated carbocycles. The van der Waals surface area contributed by atoms with Crippen LogP contribution in [0.5, 0.6) is 0 Å². The zero-order valence-corrected chi connectivity index (χ0v) is 20.6. The van der Waals surface area contributed by atoms with Gasteiger partial charge in [-0.05, 0) is 6.42 Å². The second-order valence-electron chi connectivity index (χ2n) is 5.29. The summed E-state index contributed by atoms with van der Waals surface area (Å²) in [6.45, 7) is 2.07. The molecule has 0 aliphatic carbocycles. The third kappa shape index (κ3) is 11.5. The summed E-state index contributed by atoms with van der Waals surface area (Å²) in [6.07, 6.45) is 1.75.